The van der Waals surface area contributed by atoms with Gasteiger partial charge in [0.15, 0.2) is 0 Å². The Hall–Kier alpha value is 0.400. The Labute approximate surface area is 104 Å². The van der Waals surface area contributed by atoms with Gasteiger partial charge in [0.2, 0.25) is 0 Å². The highest BCUT2D eigenvalue weighted by Crippen LogP contribution is 1.99. The van der Waals surface area contributed by atoms with E-state index in [4.69, 9.17) is 0 Å². The van der Waals surface area contributed by atoms with E-state index in [1.165, 1.54) is 51.9 Å². The van der Waals surface area contributed by atoms with E-state index >= 15 is 0 Å². The summed E-state index contributed by atoms with van der Waals surface area (Å²) >= 11 is 3.46. The second-order valence-corrected chi connectivity index (χ2v) is 5.10. The van der Waals surface area contributed by atoms with Crippen LogP contribution < -0.4 is 0 Å². The van der Waals surface area contributed by atoms with Gasteiger partial charge in [-0.1, -0.05) is 22.9 Å². The largest absolute Gasteiger partial charge is 0.307 e. The van der Waals surface area contributed by atoms with Crippen molar-refractivity contribution in [3.63, 3.8) is 0 Å². The third kappa shape index (κ3) is 10.7. The molecule has 0 radical (unpaired) electrons. The minimum atomic E-state index is 1.14. The summed E-state index contributed by atoms with van der Waals surface area (Å²) in [6, 6.07) is 0. The maximum Gasteiger partial charge on any atom is 0.00317 e. The number of halogens is 1. The molecular formula is C12H27BrN2. The third-order valence-electron chi connectivity index (χ3n) is 2.79. The predicted octanol–water partition coefficient (Wildman–Crippen LogP) is 2.83. The van der Waals surface area contributed by atoms with Gasteiger partial charge in [-0.3, -0.25) is 0 Å². The molecule has 0 aliphatic carbocycles. The zero-order valence-electron chi connectivity index (χ0n) is 10.6. The van der Waals surface area contributed by atoms with Crippen molar-refractivity contribution < 1.29 is 0 Å². The lowest BCUT2D eigenvalue weighted by Gasteiger charge is -2.17. The number of hydrogen-bond acceptors (Lipinski definition) is 2. The molecule has 0 bridgehead atoms. The van der Waals surface area contributed by atoms with E-state index in [-0.39, 0.29) is 0 Å². The van der Waals surface area contributed by atoms with Crippen LogP contribution in [-0.4, -0.2) is 55.4 Å². The quantitative estimate of drug-likeness (QED) is 0.448. The van der Waals surface area contributed by atoms with Crippen LogP contribution in [0.3, 0.4) is 0 Å². The average Bonchev–Trinajstić information content (AvgIpc) is 2.24. The van der Waals surface area contributed by atoms with E-state index in [9.17, 15) is 0 Å². The Morgan fingerprint density at radius 1 is 0.800 bits per heavy atom. The zero-order chi connectivity index (χ0) is 11.5. The highest BCUT2D eigenvalue weighted by atomic mass is 79.9. The molecule has 0 heterocycles. The van der Waals surface area contributed by atoms with E-state index in [0.717, 1.165) is 5.33 Å². The maximum absolute atomic E-state index is 3.46. The van der Waals surface area contributed by atoms with Crippen LogP contribution in [0, 0.1) is 0 Å². The van der Waals surface area contributed by atoms with E-state index in [2.05, 4.69) is 46.7 Å². The molecule has 0 saturated heterocycles. The van der Waals surface area contributed by atoms with Gasteiger partial charge in [0.1, 0.15) is 0 Å². The van der Waals surface area contributed by atoms with Gasteiger partial charge in [-0.15, -0.1) is 0 Å². The van der Waals surface area contributed by atoms with E-state index in [0.29, 0.717) is 0 Å². The predicted molar refractivity (Wildman–Crippen MR) is 72.9 cm³/mol. The molecule has 0 aliphatic rings. The molecule has 0 spiro atoms. The summed E-state index contributed by atoms with van der Waals surface area (Å²) in [5, 5.41) is 1.14. The van der Waals surface area contributed by atoms with Gasteiger partial charge in [-0.05, 0) is 66.0 Å². The van der Waals surface area contributed by atoms with Crippen molar-refractivity contribution in [1.29, 1.82) is 0 Å². The number of rotatable bonds is 10. The Morgan fingerprint density at radius 3 is 1.73 bits per heavy atom. The Kier molecular flexibility index (Phi) is 11.2. The van der Waals surface area contributed by atoms with Crippen molar-refractivity contribution in [2.24, 2.45) is 0 Å². The van der Waals surface area contributed by atoms with Crippen molar-refractivity contribution in [1.82, 2.24) is 9.80 Å². The molecule has 0 aromatic rings. The molecule has 0 N–H and O–H groups in total. The van der Waals surface area contributed by atoms with Crippen molar-refractivity contribution in [3.8, 4) is 0 Å². The Morgan fingerprint density at radius 2 is 1.27 bits per heavy atom. The second-order valence-electron chi connectivity index (χ2n) is 4.30. The highest BCUT2D eigenvalue weighted by molar-refractivity contribution is 9.09. The van der Waals surface area contributed by atoms with Crippen LogP contribution in [0.1, 0.15) is 32.6 Å². The summed E-state index contributed by atoms with van der Waals surface area (Å²) < 4.78 is 0. The number of alkyl halides is 1. The maximum atomic E-state index is 3.46. The molecule has 0 aliphatic heterocycles. The van der Waals surface area contributed by atoms with Gasteiger partial charge in [-0.2, -0.15) is 0 Å². The van der Waals surface area contributed by atoms with Crippen molar-refractivity contribution >= 4 is 15.9 Å². The first-order valence-electron chi connectivity index (χ1n) is 6.13. The van der Waals surface area contributed by atoms with Crippen LogP contribution in [0.5, 0.6) is 0 Å². The molecule has 0 rings (SSSR count). The SMILES string of the molecule is CCN(C)CCCCN(C)CCCCBr. The molecule has 0 aromatic carbocycles. The topological polar surface area (TPSA) is 6.48 Å². The summed E-state index contributed by atoms with van der Waals surface area (Å²) in [4.78, 5) is 4.83. The molecule has 15 heavy (non-hydrogen) atoms. The summed E-state index contributed by atoms with van der Waals surface area (Å²) in [5.41, 5.74) is 0. The average molecular weight is 279 g/mol. The van der Waals surface area contributed by atoms with Gasteiger partial charge in [0.05, 0.1) is 0 Å². The minimum absolute atomic E-state index is 1.14. The van der Waals surface area contributed by atoms with E-state index in [1.54, 1.807) is 0 Å². The van der Waals surface area contributed by atoms with Crippen LogP contribution in [0.25, 0.3) is 0 Å². The van der Waals surface area contributed by atoms with Gasteiger partial charge < -0.3 is 9.80 Å². The molecule has 92 valence electrons. The number of nitrogens with zero attached hydrogens (tertiary/aromatic N) is 2. The second kappa shape index (κ2) is 10.9. The fraction of sp³-hybridized carbons (Fsp3) is 1.00. The van der Waals surface area contributed by atoms with Crippen molar-refractivity contribution in [2.45, 2.75) is 32.6 Å². The highest BCUT2D eigenvalue weighted by Gasteiger charge is 1.99. The Balaban J connectivity index is 3.19. The zero-order valence-corrected chi connectivity index (χ0v) is 12.2. The van der Waals surface area contributed by atoms with Crippen LogP contribution in [0.2, 0.25) is 0 Å². The lowest BCUT2D eigenvalue weighted by molar-refractivity contribution is 0.297. The summed E-state index contributed by atoms with van der Waals surface area (Å²) in [7, 11) is 4.43. The Bertz CT molecular complexity index is 131. The van der Waals surface area contributed by atoms with Crippen molar-refractivity contribution in [3.05, 3.63) is 0 Å². The fourth-order valence-corrected chi connectivity index (χ4v) is 1.91. The van der Waals surface area contributed by atoms with Gasteiger partial charge >= 0.3 is 0 Å². The lowest BCUT2D eigenvalue weighted by Crippen LogP contribution is -2.23. The third-order valence-corrected chi connectivity index (χ3v) is 3.35. The monoisotopic (exact) mass is 278 g/mol. The van der Waals surface area contributed by atoms with Crippen LogP contribution >= 0.6 is 15.9 Å². The summed E-state index contributed by atoms with van der Waals surface area (Å²) in [6.45, 7) is 7.12. The first-order chi connectivity index (χ1) is 7.20. The van der Waals surface area contributed by atoms with Crippen molar-refractivity contribution in [2.75, 3.05) is 45.6 Å². The molecule has 2 nitrogen and oxygen atoms in total. The minimum Gasteiger partial charge on any atom is -0.307 e. The molecule has 0 fully saturated rings. The molecule has 0 unspecified atom stereocenters. The van der Waals surface area contributed by atoms with E-state index in [1.807, 2.05) is 0 Å². The number of hydrogen-bond donors (Lipinski definition) is 0. The lowest BCUT2D eigenvalue weighted by atomic mass is 10.2. The summed E-state index contributed by atoms with van der Waals surface area (Å²) in [5.74, 6) is 0. The van der Waals surface area contributed by atoms with E-state index < -0.39 is 0 Å². The van der Waals surface area contributed by atoms with Gasteiger partial charge in [0.25, 0.3) is 0 Å². The van der Waals surface area contributed by atoms with Crippen LogP contribution in [0.15, 0.2) is 0 Å². The van der Waals surface area contributed by atoms with Gasteiger partial charge in [0, 0.05) is 5.33 Å². The normalized spacial score (nSPS) is 11.6. The first-order valence-corrected chi connectivity index (χ1v) is 7.26. The van der Waals surface area contributed by atoms with Crippen LogP contribution in [-0.2, 0) is 0 Å². The smallest absolute Gasteiger partial charge is 0.00317 e. The number of unbranched alkanes of at least 4 members (excludes halogenated alkanes) is 2. The summed E-state index contributed by atoms with van der Waals surface area (Å²) in [6.07, 6.45) is 5.27. The van der Waals surface area contributed by atoms with Crippen LogP contribution in [0.4, 0.5) is 0 Å². The van der Waals surface area contributed by atoms with Gasteiger partial charge in [-0.25, -0.2) is 0 Å². The first kappa shape index (κ1) is 15.4. The molecule has 0 aromatic heterocycles. The molecule has 0 saturated carbocycles. The molecule has 3 heteroatoms. The fourth-order valence-electron chi connectivity index (χ4n) is 1.51. The molecule has 0 atom stereocenters. The molecule has 0 amide bonds. The standard InChI is InChI=1S/C12H27BrN2/c1-4-14(2)10-7-8-12-15(3)11-6-5-9-13/h4-12H2,1-3H3. The molecular weight excluding hydrogens is 252 g/mol.